The number of hydrogen-bond donors (Lipinski definition) is 4. The summed E-state index contributed by atoms with van der Waals surface area (Å²) in [6.07, 6.45) is 1.32. The third-order valence-electron chi connectivity index (χ3n) is 3.02. The van der Waals surface area contributed by atoms with Gasteiger partial charge in [0.1, 0.15) is 10.6 Å². The van der Waals surface area contributed by atoms with Crippen molar-refractivity contribution in [1.29, 1.82) is 0 Å². The fourth-order valence-electron chi connectivity index (χ4n) is 1.86. The molecule has 2 rings (SSSR count). The first-order chi connectivity index (χ1) is 9.38. The average molecular weight is 337 g/mol. The molecule has 0 radical (unpaired) electrons. The summed E-state index contributed by atoms with van der Waals surface area (Å²) in [6, 6.07) is 1.15. The molecule has 1 aliphatic rings. The first-order valence-electron chi connectivity index (χ1n) is 6.58. The van der Waals surface area contributed by atoms with Crippen LogP contribution < -0.4 is 15.4 Å². The van der Waals surface area contributed by atoms with Crippen LogP contribution in [0.1, 0.15) is 24.3 Å². The van der Waals surface area contributed by atoms with Gasteiger partial charge in [-0.25, -0.2) is 13.1 Å². The first kappa shape index (κ1) is 18.0. The summed E-state index contributed by atoms with van der Waals surface area (Å²) in [7, 11) is -3.57. The van der Waals surface area contributed by atoms with Crippen LogP contribution in [0.5, 0.6) is 0 Å². The molecule has 1 aromatic heterocycles. The van der Waals surface area contributed by atoms with Gasteiger partial charge in [-0.2, -0.15) is 0 Å². The zero-order valence-electron chi connectivity index (χ0n) is 12.0. The molecule has 0 spiro atoms. The van der Waals surface area contributed by atoms with Crippen molar-refractivity contribution in [2.45, 2.75) is 24.8 Å². The molecular formula is C12H21ClN4O3S. The van der Waals surface area contributed by atoms with Crippen molar-refractivity contribution >= 4 is 28.3 Å². The van der Waals surface area contributed by atoms with Crippen LogP contribution in [-0.2, 0) is 10.0 Å². The molecule has 2 heterocycles. The lowest BCUT2D eigenvalue weighted by Crippen LogP contribution is -2.48. The maximum absolute atomic E-state index is 11.9. The Hall–Kier alpha value is -1.09. The fourth-order valence-corrected chi connectivity index (χ4v) is 3.11. The molecule has 7 nitrogen and oxygen atoms in total. The maximum atomic E-state index is 11.9. The Morgan fingerprint density at radius 2 is 2.10 bits per heavy atom. The van der Waals surface area contributed by atoms with E-state index in [0.717, 1.165) is 13.1 Å². The predicted molar refractivity (Wildman–Crippen MR) is 82.2 cm³/mol. The number of H-pyrrole nitrogens is 1. The van der Waals surface area contributed by atoms with E-state index in [1.54, 1.807) is 13.8 Å². The van der Waals surface area contributed by atoms with Crippen LogP contribution in [0.25, 0.3) is 0 Å². The van der Waals surface area contributed by atoms with Gasteiger partial charge in [-0.15, -0.1) is 12.4 Å². The number of sulfonamides is 1. The van der Waals surface area contributed by atoms with Crippen LogP contribution in [0.3, 0.4) is 0 Å². The average Bonchev–Trinajstić information content (AvgIpc) is 2.74. The second-order valence-corrected chi connectivity index (χ2v) is 6.97. The quantitative estimate of drug-likeness (QED) is 0.590. The molecule has 0 aliphatic carbocycles. The van der Waals surface area contributed by atoms with Crippen molar-refractivity contribution in [3.8, 4) is 0 Å². The predicted octanol–water partition coefficient (Wildman–Crippen LogP) is 0.0724. The number of carbonyl (C=O) groups is 1. The summed E-state index contributed by atoms with van der Waals surface area (Å²) in [5.41, 5.74) is 0.251. The fraction of sp³-hybridized carbons (Fsp3) is 0.583. The van der Waals surface area contributed by atoms with Gasteiger partial charge in [0, 0.05) is 37.8 Å². The first-order valence-corrected chi connectivity index (χ1v) is 8.06. The standard InChI is InChI=1S/C12H20N4O3S.ClH/c1-8(2)16-20(18,19)10-3-11(14-7-10)12(17)15-6-9-4-13-5-9;/h3,7-9,13-14,16H,4-6H2,1-2H3,(H,15,17);1H. The largest absolute Gasteiger partial charge is 0.356 e. The van der Waals surface area contributed by atoms with E-state index in [0.29, 0.717) is 12.5 Å². The van der Waals surface area contributed by atoms with Gasteiger partial charge in [-0.3, -0.25) is 4.79 Å². The Kier molecular flexibility index (Phi) is 6.21. The molecule has 1 fully saturated rings. The zero-order chi connectivity index (χ0) is 14.8. The van der Waals surface area contributed by atoms with E-state index in [2.05, 4.69) is 20.3 Å². The number of rotatable bonds is 6. The van der Waals surface area contributed by atoms with Crippen LogP contribution in [-0.4, -0.2) is 45.0 Å². The van der Waals surface area contributed by atoms with Crippen molar-refractivity contribution in [1.82, 2.24) is 20.3 Å². The number of aromatic nitrogens is 1. The number of nitrogens with one attached hydrogen (secondary N) is 4. The molecule has 4 N–H and O–H groups in total. The maximum Gasteiger partial charge on any atom is 0.267 e. The summed E-state index contributed by atoms with van der Waals surface area (Å²) in [5.74, 6) is 0.169. The topological polar surface area (TPSA) is 103 Å². The third-order valence-corrected chi connectivity index (χ3v) is 4.66. The summed E-state index contributed by atoms with van der Waals surface area (Å²) in [5, 5.41) is 5.90. The van der Waals surface area contributed by atoms with Gasteiger partial charge in [0.25, 0.3) is 5.91 Å². The lowest BCUT2D eigenvalue weighted by atomic mass is 10.0. The Balaban J connectivity index is 0.00000220. The minimum atomic E-state index is -3.57. The van der Waals surface area contributed by atoms with E-state index in [9.17, 15) is 13.2 Å². The molecule has 0 saturated carbocycles. The van der Waals surface area contributed by atoms with Gasteiger partial charge in [0.2, 0.25) is 10.0 Å². The van der Waals surface area contributed by atoms with E-state index in [4.69, 9.17) is 0 Å². The third kappa shape index (κ3) is 4.70. The number of hydrogen-bond acceptors (Lipinski definition) is 4. The van der Waals surface area contributed by atoms with Gasteiger partial charge in [0.05, 0.1) is 0 Å². The monoisotopic (exact) mass is 336 g/mol. The van der Waals surface area contributed by atoms with Gasteiger partial charge >= 0.3 is 0 Å². The highest BCUT2D eigenvalue weighted by atomic mass is 35.5. The molecule has 21 heavy (non-hydrogen) atoms. The van der Waals surface area contributed by atoms with Crippen molar-refractivity contribution < 1.29 is 13.2 Å². The van der Waals surface area contributed by atoms with Gasteiger partial charge < -0.3 is 15.6 Å². The van der Waals surface area contributed by atoms with E-state index >= 15 is 0 Å². The highest BCUT2D eigenvalue weighted by Crippen LogP contribution is 2.11. The summed E-state index contributed by atoms with van der Waals surface area (Å²) < 4.78 is 26.3. The highest BCUT2D eigenvalue weighted by Gasteiger charge is 2.21. The summed E-state index contributed by atoms with van der Waals surface area (Å²) in [6.45, 7) is 5.89. The van der Waals surface area contributed by atoms with E-state index in [1.165, 1.54) is 12.3 Å². The minimum Gasteiger partial charge on any atom is -0.356 e. The Morgan fingerprint density at radius 1 is 1.43 bits per heavy atom. The molecule has 1 saturated heterocycles. The van der Waals surface area contributed by atoms with Crippen LogP contribution in [0.15, 0.2) is 17.2 Å². The highest BCUT2D eigenvalue weighted by molar-refractivity contribution is 7.89. The van der Waals surface area contributed by atoms with Crippen LogP contribution >= 0.6 is 12.4 Å². The van der Waals surface area contributed by atoms with Crippen molar-refractivity contribution in [3.63, 3.8) is 0 Å². The normalized spacial score (nSPS) is 15.4. The van der Waals surface area contributed by atoms with E-state index < -0.39 is 10.0 Å². The van der Waals surface area contributed by atoms with E-state index in [1.807, 2.05) is 0 Å². The van der Waals surface area contributed by atoms with Crippen LogP contribution in [0.2, 0.25) is 0 Å². The molecule has 9 heteroatoms. The lowest BCUT2D eigenvalue weighted by Gasteiger charge is -2.26. The Morgan fingerprint density at radius 3 is 2.62 bits per heavy atom. The zero-order valence-corrected chi connectivity index (χ0v) is 13.6. The van der Waals surface area contributed by atoms with Crippen LogP contribution in [0.4, 0.5) is 0 Å². The molecule has 120 valence electrons. The van der Waals surface area contributed by atoms with E-state index in [-0.39, 0.29) is 34.9 Å². The Bertz CT molecular complexity index is 581. The molecule has 0 aromatic carbocycles. The molecule has 1 amide bonds. The number of aromatic amines is 1. The Labute approximate surface area is 130 Å². The molecular weight excluding hydrogens is 316 g/mol. The minimum absolute atomic E-state index is 0. The SMILES string of the molecule is CC(C)NS(=O)(=O)c1c[nH]c(C(=O)NCC2CNC2)c1.Cl. The smallest absolute Gasteiger partial charge is 0.267 e. The summed E-state index contributed by atoms with van der Waals surface area (Å²) in [4.78, 5) is 14.6. The van der Waals surface area contributed by atoms with Crippen molar-refractivity contribution in [2.75, 3.05) is 19.6 Å². The lowest BCUT2D eigenvalue weighted by molar-refractivity contribution is 0.0938. The summed E-state index contributed by atoms with van der Waals surface area (Å²) >= 11 is 0. The second-order valence-electron chi connectivity index (χ2n) is 5.26. The van der Waals surface area contributed by atoms with Crippen LogP contribution in [0, 0.1) is 5.92 Å². The molecule has 0 atom stereocenters. The number of amides is 1. The van der Waals surface area contributed by atoms with Gasteiger partial charge in [-0.1, -0.05) is 0 Å². The number of halogens is 1. The molecule has 1 aliphatic heterocycles. The number of carbonyl (C=O) groups excluding carboxylic acids is 1. The molecule has 0 bridgehead atoms. The molecule has 1 aromatic rings. The van der Waals surface area contributed by atoms with Crippen molar-refractivity contribution in [2.24, 2.45) is 5.92 Å². The second kappa shape index (κ2) is 7.26. The van der Waals surface area contributed by atoms with Crippen molar-refractivity contribution in [3.05, 3.63) is 18.0 Å². The van der Waals surface area contributed by atoms with Gasteiger partial charge in [-0.05, 0) is 19.9 Å². The van der Waals surface area contributed by atoms with Gasteiger partial charge in [0.15, 0.2) is 0 Å². The molecule has 0 unspecified atom stereocenters.